The average Bonchev–Trinajstić information content (AvgIpc) is 2.95. The van der Waals surface area contributed by atoms with Crippen LogP contribution in [0.25, 0.3) is 0 Å². The molecule has 5 nitrogen and oxygen atoms in total. The van der Waals surface area contributed by atoms with Crippen molar-refractivity contribution in [3.63, 3.8) is 0 Å². The molecule has 2 fully saturated rings. The second-order valence-electron chi connectivity index (χ2n) is 4.94. The van der Waals surface area contributed by atoms with Gasteiger partial charge in [-0.1, -0.05) is 12.2 Å². The number of thiocarbonyl (C=S) groups is 1. The van der Waals surface area contributed by atoms with E-state index in [1.165, 1.54) is 32.4 Å². The monoisotopic (exact) mass is 263 g/mol. The van der Waals surface area contributed by atoms with Gasteiger partial charge in [-0.15, -0.1) is 0 Å². The Kier molecular flexibility index (Phi) is 3.13. The molecule has 96 valence electrons. The lowest BCUT2D eigenvalue weighted by Gasteiger charge is -2.21. The largest absolute Gasteiger partial charge is 0.388 e. The van der Waals surface area contributed by atoms with Gasteiger partial charge in [0.15, 0.2) is 0 Å². The number of anilines is 1. The number of nitrogens with one attached hydrogen (secondary N) is 1. The summed E-state index contributed by atoms with van der Waals surface area (Å²) in [5.41, 5.74) is 6.07. The first-order chi connectivity index (χ1) is 8.74. The third-order valence-electron chi connectivity index (χ3n) is 3.84. The SMILES string of the molecule is NC(=S)c1cnc(NC2CCN3CCCC23)cn1. The minimum atomic E-state index is 0.289. The molecule has 0 aromatic carbocycles. The van der Waals surface area contributed by atoms with E-state index < -0.39 is 0 Å². The van der Waals surface area contributed by atoms with Gasteiger partial charge >= 0.3 is 0 Å². The second kappa shape index (κ2) is 4.78. The topological polar surface area (TPSA) is 67.1 Å². The Morgan fingerprint density at radius 3 is 2.94 bits per heavy atom. The van der Waals surface area contributed by atoms with Crippen molar-refractivity contribution < 1.29 is 0 Å². The molecule has 0 amide bonds. The van der Waals surface area contributed by atoms with Crippen LogP contribution < -0.4 is 11.1 Å². The molecule has 2 unspecified atom stereocenters. The van der Waals surface area contributed by atoms with Gasteiger partial charge < -0.3 is 11.1 Å². The zero-order chi connectivity index (χ0) is 12.5. The number of nitrogens with zero attached hydrogens (tertiary/aromatic N) is 3. The van der Waals surface area contributed by atoms with Gasteiger partial charge in [0.2, 0.25) is 0 Å². The van der Waals surface area contributed by atoms with Crippen LogP contribution in [0.15, 0.2) is 12.4 Å². The number of hydrogen-bond donors (Lipinski definition) is 2. The summed E-state index contributed by atoms with van der Waals surface area (Å²) < 4.78 is 0. The van der Waals surface area contributed by atoms with E-state index in [9.17, 15) is 0 Å². The predicted octanol–water partition coefficient (Wildman–Crippen LogP) is 0.759. The molecular weight excluding hydrogens is 246 g/mol. The van der Waals surface area contributed by atoms with Gasteiger partial charge in [-0.25, -0.2) is 9.97 Å². The van der Waals surface area contributed by atoms with Crippen LogP contribution in [0.1, 0.15) is 25.0 Å². The van der Waals surface area contributed by atoms with Crippen molar-refractivity contribution >= 4 is 23.0 Å². The smallest absolute Gasteiger partial charge is 0.144 e. The maximum atomic E-state index is 5.50. The summed E-state index contributed by atoms with van der Waals surface area (Å²) in [7, 11) is 0. The van der Waals surface area contributed by atoms with E-state index in [4.69, 9.17) is 18.0 Å². The molecule has 2 atom stereocenters. The minimum absolute atomic E-state index is 0.289. The van der Waals surface area contributed by atoms with Gasteiger partial charge in [-0.3, -0.25) is 4.90 Å². The minimum Gasteiger partial charge on any atom is -0.388 e. The Morgan fingerprint density at radius 2 is 2.22 bits per heavy atom. The highest BCUT2D eigenvalue weighted by molar-refractivity contribution is 7.80. The van der Waals surface area contributed by atoms with E-state index in [1.54, 1.807) is 12.4 Å². The van der Waals surface area contributed by atoms with E-state index in [1.807, 2.05) is 0 Å². The lowest BCUT2D eigenvalue weighted by Crippen LogP contribution is -2.34. The Hall–Kier alpha value is -1.27. The molecule has 6 heteroatoms. The van der Waals surface area contributed by atoms with Crippen LogP contribution in [0.2, 0.25) is 0 Å². The zero-order valence-corrected chi connectivity index (χ0v) is 11.0. The van der Waals surface area contributed by atoms with Gasteiger partial charge in [-0.05, 0) is 25.8 Å². The molecule has 0 spiro atoms. The number of nitrogens with two attached hydrogens (primary N) is 1. The van der Waals surface area contributed by atoms with Crippen molar-refractivity contribution in [2.24, 2.45) is 5.73 Å². The molecule has 3 N–H and O–H groups in total. The molecule has 0 bridgehead atoms. The van der Waals surface area contributed by atoms with Crippen LogP contribution >= 0.6 is 12.2 Å². The number of fused-ring (bicyclic) bond motifs is 1. The molecule has 3 rings (SSSR count). The first-order valence-electron chi connectivity index (χ1n) is 6.36. The molecule has 0 radical (unpaired) electrons. The van der Waals surface area contributed by atoms with Crippen LogP contribution in [0.5, 0.6) is 0 Å². The normalized spacial score (nSPS) is 27.1. The average molecular weight is 263 g/mol. The van der Waals surface area contributed by atoms with Gasteiger partial charge in [0.05, 0.1) is 12.4 Å². The zero-order valence-electron chi connectivity index (χ0n) is 10.2. The lowest BCUT2D eigenvalue weighted by molar-refractivity contribution is 0.318. The highest BCUT2D eigenvalue weighted by Gasteiger charge is 2.37. The van der Waals surface area contributed by atoms with Crippen molar-refractivity contribution in [3.05, 3.63) is 18.1 Å². The maximum Gasteiger partial charge on any atom is 0.144 e. The van der Waals surface area contributed by atoms with Crippen molar-refractivity contribution in [2.45, 2.75) is 31.3 Å². The number of aromatic nitrogens is 2. The highest BCUT2D eigenvalue weighted by atomic mass is 32.1. The molecule has 2 saturated heterocycles. The summed E-state index contributed by atoms with van der Waals surface area (Å²) in [5.74, 6) is 0.814. The molecule has 18 heavy (non-hydrogen) atoms. The van der Waals surface area contributed by atoms with E-state index in [0.29, 0.717) is 17.8 Å². The fourth-order valence-corrected chi connectivity index (χ4v) is 3.08. The van der Waals surface area contributed by atoms with Crippen LogP contribution in [-0.2, 0) is 0 Å². The molecule has 0 saturated carbocycles. The van der Waals surface area contributed by atoms with Crippen molar-refractivity contribution in [3.8, 4) is 0 Å². The van der Waals surface area contributed by atoms with E-state index in [2.05, 4.69) is 20.2 Å². The molecule has 0 aliphatic carbocycles. The fraction of sp³-hybridized carbons (Fsp3) is 0.583. The van der Waals surface area contributed by atoms with E-state index >= 15 is 0 Å². The van der Waals surface area contributed by atoms with E-state index in [0.717, 1.165) is 5.82 Å². The van der Waals surface area contributed by atoms with Crippen molar-refractivity contribution in [1.29, 1.82) is 0 Å². The first kappa shape index (κ1) is 11.8. The van der Waals surface area contributed by atoms with Crippen LogP contribution in [0, 0.1) is 0 Å². The Bertz CT molecular complexity index is 446. The van der Waals surface area contributed by atoms with Gasteiger partial charge in [0, 0.05) is 18.6 Å². The summed E-state index contributed by atoms with van der Waals surface area (Å²) in [6.45, 7) is 2.44. The predicted molar refractivity (Wildman–Crippen MR) is 74.5 cm³/mol. The van der Waals surface area contributed by atoms with Crippen LogP contribution in [-0.4, -0.2) is 45.0 Å². The number of rotatable bonds is 3. The summed E-state index contributed by atoms with van der Waals surface area (Å²) in [4.78, 5) is 11.4. The molecule has 1 aromatic heterocycles. The molecule has 2 aliphatic heterocycles. The summed E-state index contributed by atoms with van der Waals surface area (Å²) in [5, 5.41) is 3.48. The van der Waals surface area contributed by atoms with Gasteiger partial charge in [0.1, 0.15) is 16.5 Å². The fourth-order valence-electron chi connectivity index (χ4n) is 2.97. The third-order valence-corrected chi connectivity index (χ3v) is 4.05. The van der Waals surface area contributed by atoms with Crippen molar-refractivity contribution in [2.75, 3.05) is 18.4 Å². The maximum absolute atomic E-state index is 5.50. The standard InChI is InChI=1S/C12H17N5S/c13-12(18)9-6-15-11(7-14-9)16-8-3-5-17-4-1-2-10(8)17/h6-8,10H,1-5H2,(H2,13,18)(H,15,16). The quantitative estimate of drug-likeness (QED) is 0.785. The Labute approximate surface area is 112 Å². The highest BCUT2D eigenvalue weighted by Crippen LogP contribution is 2.29. The Morgan fingerprint density at radius 1 is 1.33 bits per heavy atom. The molecule has 2 aliphatic rings. The lowest BCUT2D eigenvalue weighted by atomic mass is 10.1. The van der Waals surface area contributed by atoms with Gasteiger partial charge in [0.25, 0.3) is 0 Å². The first-order valence-corrected chi connectivity index (χ1v) is 6.77. The van der Waals surface area contributed by atoms with Crippen molar-refractivity contribution in [1.82, 2.24) is 14.9 Å². The summed E-state index contributed by atoms with van der Waals surface area (Å²) in [6.07, 6.45) is 7.13. The molecular formula is C12H17N5S. The van der Waals surface area contributed by atoms with Gasteiger partial charge in [-0.2, -0.15) is 0 Å². The van der Waals surface area contributed by atoms with Crippen LogP contribution in [0.3, 0.4) is 0 Å². The second-order valence-corrected chi connectivity index (χ2v) is 5.38. The summed E-state index contributed by atoms with van der Waals surface area (Å²) in [6, 6.07) is 1.17. The molecule has 1 aromatic rings. The van der Waals surface area contributed by atoms with Crippen LogP contribution in [0.4, 0.5) is 5.82 Å². The molecule has 3 heterocycles. The Balaban J connectivity index is 1.67. The summed E-state index contributed by atoms with van der Waals surface area (Å²) >= 11 is 4.86. The van der Waals surface area contributed by atoms with E-state index in [-0.39, 0.29) is 4.99 Å². The third kappa shape index (κ3) is 2.18. The number of hydrogen-bond acceptors (Lipinski definition) is 5.